The number of aliphatic imine (C=N–C) groups is 1. The Labute approximate surface area is 88.2 Å². The number of nitrogens with one attached hydrogen (secondary N) is 1. The molecule has 0 aromatic heterocycles. The Balaban J connectivity index is 2.31. The summed E-state index contributed by atoms with van der Waals surface area (Å²) in [6.45, 7) is 1.73. The third kappa shape index (κ3) is 2.15. The van der Waals surface area contributed by atoms with Crippen LogP contribution in [0.5, 0.6) is 0 Å². The smallest absolute Gasteiger partial charge is 0.248 e. The number of nitrogens with two attached hydrogens (primary N) is 1. The standard InChI is InChI=1S/C11H12N3O/c12-10(15)8-3-1-4-9(7-8)11-13-5-2-6-14-11/h1,3,7H,2,5-6H2,(H2,12,15)(H,13,14). The number of hydrogen-bond donors (Lipinski definition) is 2. The summed E-state index contributed by atoms with van der Waals surface area (Å²) in [6.07, 6.45) is 1.04. The fraction of sp³-hybridized carbons (Fsp3) is 0.273. The summed E-state index contributed by atoms with van der Waals surface area (Å²) in [6, 6.07) is 8.08. The van der Waals surface area contributed by atoms with Crippen LogP contribution in [0, 0.1) is 6.07 Å². The lowest BCUT2D eigenvalue weighted by molar-refractivity contribution is 0.100. The number of carbonyl (C=O) groups excluding carboxylic acids is 1. The van der Waals surface area contributed by atoms with Crippen LogP contribution in [0.3, 0.4) is 0 Å². The number of benzene rings is 1. The van der Waals surface area contributed by atoms with Gasteiger partial charge in [-0.3, -0.25) is 9.79 Å². The van der Waals surface area contributed by atoms with Gasteiger partial charge in [-0.2, -0.15) is 0 Å². The minimum absolute atomic E-state index is 0.429. The van der Waals surface area contributed by atoms with Crippen molar-refractivity contribution in [3.05, 3.63) is 35.4 Å². The Hall–Kier alpha value is -1.84. The van der Waals surface area contributed by atoms with Gasteiger partial charge in [0.15, 0.2) is 0 Å². The van der Waals surface area contributed by atoms with Crippen LogP contribution in [0.25, 0.3) is 0 Å². The Bertz CT molecular complexity index is 412. The van der Waals surface area contributed by atoms with Crippen LogP contribution in [-0.2, 0) is 0 Å². The largest absolute Gasteiger partial charge is 0.370 e. The van der Waals surface area contributed by atoms with E-state index in [1.54, 1.807) is 18.2 Å². The Morgan fingerprint density at radius 1 is 1.60 bits per heavy atom. The van der Waals surface area contributed by atoms with Gasteiger partial charge in [0.25, 0.3) is 0 Å². The van der Waals surface area contributed by atoms with Crippen LogP contribution in [0.4, 0.5) is 0 Å². The first-order valence-electron chi connectivity index (χ1n) is 4.87. The molecule has 77 valence electrons. The lowest BCUT2D eigenvalue weighted by Gasteiger charge is -2.14. The van der Waals surface area contributed by atoms with Gasteiger partial charge >= 0.3 is 0 Å². The summed E-state index contributed by atoms with van der Waals surface area (Å²) in [5.41, 5.74) is 6.48. The monoisotopic (exact) mass is 202 g/mol. The molecular weight excluding hydrogens is 190 g/mol. The highest BCUT2D eigenvalue weighted by molar-refractivity contribution is 6.01. The van der Waals surface area contributed by atoms with Gasteiger partial charge in [0.05, 0.1) is 0 Å². The van der Waals surface area contributed by atoms with Crippen molar-refractivity contribution in [2.24, 2.45) is 10.7 Å². The zero-order chi connectivity index (χ0) is 10.7. The van der Waals surface area contributed by atoms with E-state index in [-0.39, 0.29) is 0 Å². The van der Waals surface area contributed by atoms with Gasteiger partial charge in [0.2, 0.25) is 5.91 Å². The van der Waals surface area contributed by atoms with E-state index in [9.17, 15) is 4.79 Å². The Morgan fingerprint density at radius 2 is 2.47 bits per heavy atom. The highest BCUT2D eigenvalue weighted by Crippen LogP contribution is 2.06. The van der Waals surface area contributed by atoms with Crippen molar-refractivity contribution in [2.75, 3.05) is 13.1 Å². The lowest BCUT2D eigenvalue weighted by atomic mass is 10.1. The summed E-state index contributed by atoms with van der Waals surface area (Å²) in [4.78, 5) is 15.3. The molecule has 1 amide bonds. The molecule has 1 aromatic rings. The maximum Gasteiger partial charge on any atom is 0.248 e. The van der Waals surface area contributed by atoms with Crippen LogP contribution < -0.4 is 11.1 Å². The highest BCUT2D eigenvalue weighted by atomic mass is 16.1. The van der Waals surface area contributed by atoms with Crippen molar-refractivity contribution in [3.8, 4) is 0 Å². The summed E-state index contributed by atoms with van der Waals surface area (Å²) < 4.78 is 0. The summed E-state index contributed by atoms with van der Waals surface area (Å²) >= 11 is 0. The molecule has 0 saturated carbocycles. The first kappa shape index (κ1) is 9.71. The number of amidine groups is 1. The predicted octanol–water partition coefficient (Wildman–Crippen LogP) is 0.326. The van der Waals surface area contributed by atoms with E-state index in [1.807, 2.05) is 0 Å². The zero-order valence-electron chi connectivity index (χ0n) is 8.29. The molecule has 1 aromatic carbocycles. The number of primary amides is 1. The van der Waals surface area contributed by atoms with Gasteiger partial charge in [0.1, 0.15) is 5.84 Å². The second-order valence-electron chi connectivity index (χ2n) is 3.37. The SMILES string of the molecule is NC(=O)c1cc[c]c(C2=NCCCN2)c1. The van der Waals surface area contributed by atoms with Crippen LogP contribution in [-0.4, -0.2) is 24.8 Å². The Kier molecular flexibility index (Phi) is 2.67. The minimum Gasteiger partial charge on any atom is -0.370 e. The van der Waals surface area contributed by atoms with Gasteiger partial charge in [-0.25, -0.2) is 0 Å². The quantitative estimate of drug-likeness (QED) is 0.725. The molecule has 4 nitrogen and oxygen atoms in total. The van der Waals surface area contributed by atoms with Crippen molar-refractivity contribution in [2.45, 2.75) is 6.42 Å². The molecule has 0 bridgehead atoms. The fourth-order valence-electron chi connectivity index (χ4n) is 1.47. The first-order chi connectivity index (χ1) is 7.27. The second-order valence-corrected chi connectivity index (χ2v) is 3.37. The van der Waals surface area contributed by atoms with Crippen LogP contribution in [0.2, 0.25) is 0 Å². The average Bonchev–Trinajstić information content (AvgIpc) is 2.30. The van der Waals surface area contributed by atoms with E-state index in [0.717, 1.165) is 30.9 Å². The van der Waals surface area contributed by atoms with Crippen molar-refractivity contribution < 1.29 is 4.79 Å². The molecule has 0 saturated heterocycles. The average molecular weight is 202 g/mol. The normalized spacial score (nSPS) is 15.3. The third-order valence-corrected chi connectivity index (χ3v) is 2.24. The molecule has 0 atom stereocenters. The number of hydrogen-bond acceptors (Lipinski definition) is 3. The molecule has 2 rings (SSSR count). The van der Waals surface area contributed by atoms with Crippen molar-refractivity contribution in [1.29, 1.82) is 0 Å². The molecule has 4 heteroatoms. The van der Waals surface area contributed by atoms with E-state index < -0.39 is 5.91 Å². The van der Waals surface area contributed by atoms with E-state index in [4.69, 9.17) is 5.73 Å². The van der Waals surface area contributed by atoms with E-state index in [0.29, 0.717) is 5.56 Å². The molecule has 0 aliphatic carbocycles. The van der Waals surface area contributed by atoms with Crippen LogP contribution in [0.15, 0.2) is 23.2 Å². The molecule has 3 N–H and O–H groups in total. The van der Waals surface area contributed by atoms with Crippen molar-refractivity contribution in [1.82, 2.24) is 5.32 Å². The second kappa shape index (κ2) is 4.13. The fourth-order valence-corrected chi connectivity index (χ4v) is 1.47. The summed E-state index contributed by atoms with van der Waals surface area (Å²) in [5.74, 6) is 0.367. The minimum atomic E-state index is -0.429. The molecule has 1 radical (unpaired) electrons. The molecule has 1 aliphatic rings. The van der Waals surface area contributed by atoms with Gasteiger partial charge in [-0.1, -0.05) is 6.07 Å². The van der Waals surface area contributed by atoms with Gasteiger partial charge in [-0.05, 0) is 24.6 Å². The Morgan fingerprint density at radius 3 is 3.13 bits per heavy atom. The predicted molar refractivity (Wildman–Crippen MR) is 57.8 cm³/mol. The maximum absolute atomic E-state index is 11.0. The van der Waals surface area contributed by atoms with Gasteiger partial charge < -0.3 is 11.1 Å². The number of rotatable bonds is 2. The maximum atomic E-state index is 11.0. The van der Waals surface area contributed by atoms with E-state index >= 15 is 0 Å². The number of amides is 1. The van der Waals surface area contributed by atoms with Crippen molar-refractivity contribution >= 4 is 11.7 Å². The van der Waals surface area contributed by atoms with Gasteiger partial charge in [-0.15, -0.1) is 0 Å². The van der Waals surface area contributed by atoms with E-state index in [2.05, 4.69) is 16.4 Å². The number of nitrogens with zero attached hydrogens (tertiary/aromatic N) is 1. The first-order valence-corrected chi connectivity index (χ1v) is 4.87. The molecule has 15 heavy (non-hydrogen) atoms. The zero-order valence-corrected chi connectivity index (χ0v) is 8.29. The molecule has 1 heterocycles. The lowest BCUT2D eigenvalue weighted by Crippen LogP contribution is -2.30. The highest BCUT2D eigenvalue weighted by Gasteiger charge is 2.08. The molecule has 1 aliphatic heterocycles. The van der Waals surface area contributed by atoms with E-state index in [1.165, 1.54) is 0 Å². The van der Waals surface area contributed by atoms with Crippen molar-refractivity contribution in [3.63, 3.8) is 0 Å². The molecule has 0 spiro atoms. The third-order valence-electron chi connectivity index (χ3n) is 2.24. The number of carbonyl (C=O) groups is 1. The summed E-state index contributed by atoms with van der Waals surface area (Å²) in [7, 11) is 0. The summed E-state index contributed by atoms with van der Waals surface area (Å²) in [5, 5.41) is 3.17. The van der Waals surface area contributed by atoms with Crippen LogP contribution >= 0.6 is 0 Å². The molecule has 0 fully saturated rings. The van der Waals surface area contributed by atoms with Gasteiger partial charge in [0, 0.05) is 24.2 Å². The molecule has 0 unspecified atom stereocenters. The molecular formula is C11H12N3O. The topological polar surface area (TPSA) is 67.5 Å². The van der Waals surface area contributed by atoms with Crippen LogP contribution in [0.1, 0.15) is 22.3 Å².